The van der Waals surface area contributed by atoms with E-state index in [1.54, 1.807) is 0 Å². The molecule has 3 N–H and O–H groups in total. The highest BCUT2D eigenvalue weighted by atomic mass is 32.1. The molecule has 2 rings (SSSR count). The van der Waals surface area contributed by atoms with Crippen LogP contribution in [0.3, 0.4) is 0 Å². The van der Waals surface area contributed by atoms with E-state index in [1.165, 1.54) is 24.2 Å². The quantitative estimate of drug-likeness (QED) is 0.864. The van der Waals surface area contributed by atoms with E-state index in [-0.39, 0.29) is 0 Å². The molecule has 100 valence electrons. The van der Waals surface area contributed by atoms with E-state index in [4.69, 9.17) is 16.3 Å². The molecule has 1 aromatic rings. The van der Waals surface area contributed by atoms with Gasteiger partial charge in [-0.15, -0.1) is 11.3 Å². The van der Waals surface area contributed by atoms with Gasteiger partial charge in [0.25, 0.3) is 0 Å². The summed E-state index contributed by atoms with van der Waals surface area (Å²) >= 11 is 1.28. The van der Waals surface area contributed by atoms with Gasteiger partial charge in [0.1, 0.15) is 27.6 Å². The van der Waals surface area contributed by atoms with E-state index in [0.29, 0.717) is 27.6 Å². The minimum Gasteiger partial charge on any atom is -0.396 e. The molecule has 0 unspecified atom stereocenters. The van der Waals surface area contributed by atoms with Gasteiger partial charge in [0.05, 0.1) is 5.69 Å². The van der Waals surface area contributed by atoms with E-state index >= 15 is 0 Å². The van der Waals surface area contributed by atoms with Crippen LogP contribution in [0.2, 0.25) is 0 Å². The second kappa shape index (κ2) is 5.11. The Balaban J connectivity index is 2.13. The molecule has 0 amide bonds. The van der Waals surface area contributed by atoms with Crippen molar-refractivity contribution in [2.45, 2.75) is 45.6 Å². The summed E-state index contributed by atoms with van der Waals surface area (Å²) in [7, 11) is 0. The smallest absolute Gasteiger partial charge is 0.131 e. The fourth-order valence-corrected chi connectivity index (χ4v) is 3.41. The predicted octanol–water partition coefficient (Wildman–Crippen LogP) is 3.45. The molecule has 4 nitrogen and oxygen atoms in total. The zero-order valence-electron chi connectivity index (χ0n) is 11.3. The SMILES string of the molecule is CC1(C)CCC(Nc2sc(C#N)c(N)c2C#N)CC1. The molecule has 0 spiro atoms. The van der Waals surface area contributed by atoms with Gasteiger partial charge >= 0.3 is 0 Å². The Kier molecular flexibility index (Phi) is 3.68. The van der Waals surface area contributed by atoms with Gasteiger partial charge in [-0.3, -0.25) is 0 Å². The second-order valence-corrected chi connectivity index (χ2v) is 6.88. The largest absolute Gasteiger partial charge is 0.396 e. The Morgan fingerprint density at radius 1 is 1.26 bits per heavy atom. The summed E-state index contributed by atoms with van der Waals surface area (Å²) in [6.45, 7) is 4.59. The molecule has 0 atom stereocenters. The molecular formula is C14H18N4S. The molecule has 1 fully saturated rings. The normalized spacial score (nSPS) is 18.5. The van der Waals surface area contributed by atoms with Crippen LogP contribution in [0.4, 0.5) is 10.7 Å². The lowest BCUT2D eigenvalue weighted by Gasteiger charge is -2.34. The maximum absolute atomic E-state index is 9.15. The molecule has 1 aromatic heterocycles. The number of thiophene rings is 1. The highest BCUT2D eigenvalue weighted by Gasteiger charge is 2.28. The van der Waals surface area contributed by atoms with Gasteiger partial charge < -0.3 is 11.1 Å². The van der Waals surface area contributed by atoms with E-state index in [2.05, 4.69) is 25.2 Å². The molecule has 5 heteroatoms. The Morgan fingerprint density at radius 2 is 1.89 bits per heavy atom. The fraction of sp³-hybridized carbons (Fsp3) is 0.571. The number of rotatable bonds is 2. The molecule has 19 heavy (non-hydrogen) atoms. The van der Waals surface area contributed by atoms with Crippen molar-refractivity contribution in [3.8, 4) is 12.1 Å². The minimum absolute atomic E-state index is 0.314. The van der Waals surface area contributed by atoms with Crippen molar-refractivity contribution in [2.24, 2.45) is 5.41 Å². The lowest BCUT2D eigenvalue weighted by molar-refractivity contribution is 0.232. The highest BCUT2D eigenvalue weighted by molar-refractivity contribution is 7.17. The molecular weight excluding hydrogens is 256 g/mol. The summed E-state index contributed by atoms with van der Waals surface area (Å²) in [6, 6.07) is 4.52. The first-order valence-corrected chi connectivity index (χ1v) is 7.27. The number of nitrogens with zero attached hydrogens (tertiary/aromatic N) is 2. The van der Waals surface area contributed by atoms with Crippen LogP contribution in [0.15, 0.2) is 0 Å². The van der Waals surface area contributed by atoms with Gasteiger partial charge in [-0.25, -0.2) is 0 Å². The first-order chi connectivity index (χ1) is 8.96. The molecule has 0 aromatic carbocycles. The Morgan fingerprint density at radius 3 is 2.42 bits per heavy atom. The highest BCUT2D eigenvalue weighted by Crippen LogP contribution is 2.39. The summed E-state index contributed by atoms with van der Waals surface area (Å²) in [5.41, 5.74) is 6.95. The zero-order valence-corrected chi connectivity index (χ0v) is 12.1. The topological polar surface area (TPSA) is 85.6 Å². The van der Waals surface area contributed by atoms with Crippen LogP contribution < -0.4 is 11.1 Å². The molecule has 0 aliphatic heterocycles. The average Bonchev–Trinajstić information content (AvgIpc) is 2.67. The van der Waals surface area contributed by atoms with Crippen LogP contribution >= 0.6 is 11.3 Å². The molecule has 1 heterocycles. The van der Waals surface area contributed by atoms with E-state index in [0.717, 1.165) is 17.8 Å². The van der Waals surface area contributed by atoms with Gasteiger partial charge in [-0.2, -0.15) is 10.5 Å². The van der Waals surface area contributed by atoms with Crippen molar-refractivity contribution in [1.82, 2.24) is 0 Å². The standard InChI is InChI=1S/C14H18N4S/c1-14(2)5-3-9(4-6-14)18-13-10(7-15)12(17)11(8-16)19-13/h9,18H,3-6,17H2,1-2H3. The van der Waals surface area contributed by atoms with Crippen molar-refractivity contribution < 1.29 is 0 Å². The first kappa shape index (κ1) is 13.7. The maximum Gasteiger partial charge on any atom is 0.131 e. The summed E-state index contributed by atoms with van der Waals surface area (Å²) in [4.78, 5) is 0.426. The van der Waals surface area contributed by atoms with Crippen LogP contribution in [0.1, 0.15) is 50.0 Å². The first-order valence-electron chi connectivity index (χ1n) is 6.46. The molecule has 0 bridgehead atoms. The third kappa shape index (κ3) is 2.83. The molecule has 0 radical (unpaired) electrons. The van der Waals surface area contributed by atoms with E-state index < -0.39 is 0 Å². The van der Waals surface area contributed by atoms with Gasteiger partial charge in [0.2, 0.25) is 0 Å². The average molecular weight is 274 g/mol. The summed E-state index contributed by atoms with van der Waals surface area (Å²) < 4.78 is 0. The predicted molar refractivity (Wildman–Crippen MR) is 77.8 cm³/mol. The lowest BCUT2D eigenvalue weighted by Crippen LogP contribution is -2.29. The van der Waals surface area contributed by atoms with Crippen LogP contribution in [-0.2, 0) is 0 Å². The number of nitrogens with two attached hydrogens (primary N) is 1. The van der Waals surface area contributed by atoms with E-state index in [9.17, 15) is 0 Å². The molecule has 1 saturated carbocycles. The fourth-order valence-electron chi connectivity index (χ4n) is 2.47. The molecule has 0 saturated heterocycles. The summed E-state index contributed by atoms with van der Waals surface area (Å²) in [5, 5.41) is 22.3. The van der Waals surface area contributed by atoms with Crippen molar-refractivity contribution in [2.75, 3.05) is 11.1 Å². The third-order valence-corrected chi connectivity index (χ3v) is 4.87. The number of nitriles is 2. The number of hydrogen-bond acceptors (Lipinski definition) is 5. The van der Waals surface area contributed by atoms with Crippen LogP contribution in [0.25, 0.3) is 0 Å². The van der Waals surface area contributed by atoms with E-state index in [1.807, 2.05) is 6.07 Å². The van der Waals surface area contributed by atoms with Gasteiger partial charge in [-0.05, 0) is 31.1 Å². The summed E-state index contributed by atoms with van der Waals surface area (Å²) in [5.74, 6) is 0. The molecule has 1 aliphatic rings. The number of nitrogens with one attached hydrogen (secondary N) is 1. The monoisotopic (exact) mass is 274 g/mol. The third-order valence-electron chi connectivity index (χ3n) is 3.83. The van der Waals surface area contributed by atoms with Crippen molar-refractivity contribution in [3.05, 3.63) is 10.4 Å². The lowest BCUT2D eigenvalue weighted by atomic mass is 9.75. The van der Waals surface area contributed by atoms with Crippen LogP contribution in [0, 0.1) is 28.1 Å². The Hall–Kier alpha value is -1.72. The second-order valence-electron chi connectivity index (χ2n) is 5.86. The van der Waals surface area contributed by atoms with Crippen molar-refractivity contribution in [1.29, 1.82) is 10.5 Å². The van der Waals surface area contributed by atoms with Crippen LogP contribution in [-0.4, -0.2) is 6.04 Å². The van der Waals surface area contributed by atoms with Gasteiger partial charge in [0.15, 0.2) is 0 Å². The van der Waals surface area contributed by atoms with Crippen molar-refractivity contribution in [3.63, 3.8) is 0 Å². The summed E-state index contributed by atoms with van der Waals surface area (Å²) in [6.07, 6.45) is 4.55. The zero-order chi connectivity index (χ0) is 14.0. The number of nitrogen functional groups attached to an aromatic ring is 1. The molecule has 1 aliphatic carbocycles. The Bertz CT molecular complexity index is 549. The van der Waals surface area contributed by atoms with Crippen molar-refractivity contribution >= 4 is 22.0 Å². The van der Waals surface area contributed by atoms with Gasteiger partial charge in [-0.1, -0.05) is 13.8 Å². The van der Waals surface area contributed by atoms with Crippen LogP contribution in [0.5, 0.6) is 0 Å². The maximum atomic E-state index is 9.15. The van der Waals surface area contributed by atoms with Gasteiger partial charge in [0, 0.05) is 6.04 Å². The Labute approximate surface area is 117 Å². The number of anilines is 2. The minimum atomic E-state index is 0.314. The number of hydrogen-bond donors (Lipinski definition) is 2.